The second-order valence-corrected chi connectivity index (χ2v) is 11.0. The van der Waals surface area contributed by atoms with Gasteiger partial charge in [-0.25, -0.2) is 0 Å². The van der Waals surface area contributed by atoms with E-state index >= 15 is 0 Å². The maximum absolute atomic E-state index is 6.65. The second kappa shape index (κ2) is 7.54. The van der Waals surface area contributed by atoms with Gasteiger partial charge in [-0.2, -0.15) is 0 Å². The van der Waals surface area contributed by atoms with Crippen LogP contribution < -0.4 is 10.4 Å². The monoisotopic (exact) mass is 338 g/mol. The van der Waals surface area contributed by atoms with Crippen LogP contribution in [0, 0.1) is 0 Å². The summed E-state index contributed by atoms with van der Waals surface area (Å²) in [6.07, 6.45) is 3.37. The quantitative estimate of drug-likeness (QED) is 0.446. The predicted octanol–water partition coefficient (Wildman–Crippen LogP) is 4.24. The molecule has 0 fully saturated rings. The fourth-order valence-electron chi connectivity index (χ4n) is 3.02. The van der Waals surface area contributed by atoms with Gasteiger partial charge in [0.1, 0.15) is 0 Å². The van der Waals surface area contributed by atoms with Gasteiger partial charge in [0.15, 0.2) is 0 Å². The van der Waals surface area contributed by atoms with Gasteiger partial charge in [-0.15, -0.1) is 0 Å². The van der Waals surface area contributed by atoms with Crippen molar-refractivity contribution in [3.05, 3.63) is 85.3 Å². The van der Waals surface area contributed by atoms with E-state index in [-0.39, 0.29) is 5.04 Å². The Morgan fingerprint density at radius 3 is 1.75 bits per heavy atom. The lowest BCUT2D eigenvalue weighted by atomic mass is 10.2. The highest BCUT2D eigenvalue weighted by Crippen LogP contribution is 2.37. The van der Waals surface area contributed by atoms with Gasteiger partial charge < -0.3 is 9.16 Å². The Balaban J connectivity index is 2.66. The standard InChI is InChI=1S/C21H26O2Si/c1-18(16-17-22-5)23-24(21(2,3)4,19-12-8-6-9-13-19)20-14-10-7-11-15-20/h6-17H,1H2,2-5H3/b17-16+. The third-order valence-corrected chi connectivity index (χ3v) is 9.06. The molecule has 2 aromatic rings. The molecule has 2 nitrogen and oxygen atoms in total. The van der Waals surface area contributed by atoms with Crippen LogP contribution in [0.3, 0.4) is 0 Å². The molecule has 0 heterocycles. The van der Waals surface area contributed by atoms with Crippen LogP contribution in [0.5, 0.6) is 0 Å². The summed E-state index contributed by atoms with van der Waals surface area (Å²) in [5.41, 5.74) is 0. The fourth-order valence-corrected chi connectivity index (χ4v) is 7.42. The van der Waals surface area contributed by atoms with Crippen molar-refractivity contribution in [2.24, 2.45) is 0 Å². The average molecular weight is 339 g/mol. The zero-order chi connectivity index (χ0) is 17.6. The summed E-state index contributed by atoms with van der Waals surface area (Å²) in [5.74, 6) is 0.617. The van der Waals surface area contributed by atoms with Crippen molar-refractivity contribution in [3.63, 3.8) is 0 Å². The summed E-state index contributed by atoms with van der Waals surface area (Å²) >= 11 is 0. The Morgan fingerprint density at radius 2 is 1.38 bits per heavy atom. The Hall–Kier alpha value is -2.26. The molecule has 2 rings (SSSR count). The highest BCUT2D eigenvalue weighted by atomic mass is 28.4. The fraction of sp³-hybridized carbons (Fsp3) is 0.238. The van der Waals surface area contributed by atoms with Crippen LogP contribution in [0.2, 0.25) is 5.04 Å². The van der Waals surface area contributed by atoms with Gasteiger partial charge in [0.25, 0.3) is 0 Å². The zero-order valence-corrected chi connectivity index (χ0v) is 16.0. The Bertz CT molecular complexity index is 645. The first-order chi connectivity index (χ1) is 11.4. The molecule has 0 N–H and O–H groups in total. The summed E-state index contributed by atoms with van der Waals surface area (Å²) in [6.45, 7) is 10.8. The predicted molar refractivity (Wildman–Crippen MR) is 104 cm³/mol. The Labute approximate surface area is 146 Å². The van der Waals surface area contributed by atoms with Crippen molar-refractivity contribution in [1.29, 1.82) is 0 Å². The van der Waals surface area contributed by atoms with Crippen molar-refractivity contribution in [3.8, 4) is 0 Å². The largest absolute Gasteiger partial charge is 0.534 e. The van der Waals surface area contributed by atoms with Gasteiger partial charge in [-0.05, 0) is 15.4 Å². The number of methoxy groups -OCH3 is 1. The third-order valence-electron chi connectivity index (χ3n) is 4.09. The van der Waals surface area contributed by atoms with E-state index in [1.54, 1.807) is 19.4 Å². The first-order valence-electron chi connectivity index (χ1n) is 8.10. The van der Waals surface area contributed by atoms with Crippen molar-refractivity contribution < 1.29 is 9.16 Å². The summed E-state index contributed by atoms with van der Waals surface area (Å²) in [5, 5.41) is 2.39. The van der Waals surface area contributed by atoms with Gasteiger partial charge in [0.2, 0.25) is 0 Å². The lowest BCUT2D eigenvalue weighted by Gasteiger charge is -2.43. The molecule has 0 unspecified atom stereocenters. The number of benzene rings is 2. The lowest BCUT2D eigenvalue weighted by molar-refractivity contribution is 0.333. The average Bonchev–Trinajstić information content (AvgIpc) is 2.58. The number of ether oxygens (including phenoxy) is 1. The van der Waals surface area contributed by atoms with Crippen LogP contribution >= 0.6 is 0 Å². The summed E-state index contributed by atoms with van der Waals surface area (Å²) in [7, 11) is -0.951. The summed E-state index contributed by atoms with van der Waals surface area (Å²) in [4.78, 5) is 0. The molecular weight excluding hydrogens is 312 g/mol. The van der Waals surface area contributed by atoms with E-state index in [0.29, 0.717) is 5.76 Å². The Morgan fingerprint density at radius 1 is 0.917 bits per heavy atom. The molecule has 0 aliphatic carbocycles. The smallest absolute Gasteiger partial charge is 0.319 e. The minimum absolute atomic E-state index is 0.0699. The molecule has 126 valence electrons. The van der Waals surface area contributed by atoms with Crippen molar-refractivity contribution >= 4 is 18.7 Å². The van der Waals surface area contributed by atoms with Gasteiger partial charge in [-0.1, -0.05) is 88.0 Å². The van der Waals surface area contributed by atoms with Crippen LogP contribution in [0.4, 0.5) is 0 Å². The normalized spacial score (nSPS) is 12.2. The molecule has 0 spiro atoms. The molecule has 2 aromatic carbocycles. The number of rotatable bonds is 6. The van der Waals surface area contributed by atoms with Gasteiger partial charge in [-0.3, -0.25) is 0 Å². The SMILES string of the molecule is C=C(/C=C/OC)O[Si](c1ccccc1)(c1ccccc1)C(C)(C)C. The molecule has 0 amide bonds. The van der Waals surface area contributed by atoms with Crippen LogP contribution in [0.1, 0.15) is 20.8 Å². The molecule has 0 aliphatic rings. The van der Waals surface area contributed by atoms with Crippen LogP contribution in [-0.2, 0) is 9.16 Å². The molecule has 0 saturated heterocycles. The minimum Gasteiger partial charge on any atom is -0.534 e. The first-order valence-corrected chi connectivity index (χ1v) is 10.0. The maximum Gasteiger partial charge on any atom is 0.319 e. The minimum atomic E-state index is -2.57. The molecular formula is C21H26O2Si. The number of hydrogen-bond donors (Lipinski definition) is 0. The maximum atomic E-state index is 6.65. The molecule has 0 aromatic heterocycles. The van der Waals surface area contributed by atoms with E-state index in [1.807, 2.05) is 12.1 Å². The first kappa shape index (κ1) is 18.1. The highest BCUT2D eigenvalue weighted by molar-refractivity contribution is 6.99. The van der Waals surface area contributed by atoms with E-state index in [0.717, 1.165) is 0 Å². The molecule has 0 aliphatic heterocycles. The molecule has 0 saturated carbocycles. The Kier molecular flexibility index (Phi) is 5.68. The van der Waals surface area contributed by atoms with Crippen molar-refractivity contribution in [2.45, 2.75) is 25.8 Å². The number of allylic oxidation sites excluding steroid dienone is 1. The van der Waals surface area contributed by atoms with Crippen LogP contribution in [-0.4, -0.2) is 15.4 Å². The van der Waals surface area contributed by atoms with E-state index in [9.17, 15) is 0 Å². The highest BCUT2D eigenvalue weighted by Gasteiger charge is 2.52. The summed E-state index contributed by atoms with van der Waals surface area (Å²) < 4.78 is 11.7. The van der Waals surface area contributed by atoms with Crippen LogP contribution in [0.25, 0.3) is 0 Å². The second-order valence-electron chi connectivity index (χ2n) is 6.77. The molecule has 0 bridgehead atoms. The van der Waals surface area contributed by atoms with Gasteiger partial charge in [0, 0.05) is 6.08 Å². The van der Waals surface area contributed by atoms with E-state index in [2.05, 4.69) is 75.9 Å². The van der Waals surface area contributed by atoms with Crippen molar-refractivity contribution in [1.82, 2.24) is 0 Å². The van der Waals surface area contributed by atoms with Crippen molar-refractivity contribution in [2.75, 3.05) is 7.11 Å². The third kappa shape index (κ3) is 3.62. The topological polar surface area (TPSA) is 18.5 Å². The van der Waals surface area contributed by atoms with Gasteiger partial charge >= 0.3 is 8.32 Å². The molecule has 3 heteroatoms. The molecule has 0 radical (unpaired) electrons. The summed E-state index contributed by atoms with van der Waals surface area (Å²) in [6, 6.07) is 21.0. The van der Waals surface area contributed by atoms with Gasteiger partial charge in [0.05, 0.1) is 19.1 Å². The van der Waals surface area contributed by atoms with E-state index in [1.165, 1.54) is 10.4 Å². The molecule has 0 atom stereocenters. The van der Waals surface area contributed by atoms with E-state index < -0.39 is 8.32 Å². The number of hydrogen-bond acceptors (Lipinski definition) is 2. The van der Waals surface area contributed by atoms with E-state index in [4.69, 9.17) is 9.16 Å². The zero-order valence-electron chi connectivity index (χ0n) is 15.0. The molecule has 24 heavy (non-hydrogen) atoms. The van der Waals surface area contributed by atoms with Crippen LogP contribution in [0.15, 0.2) is 85.3 Å². The lowest BCUT2D eigenvalue weighted by Crippen LogP contribution is -2.66.